The van der Waals surface area contributed by atoms with Gasteiger partial charge >= 0.3 is 0 Å². The number of aliphatic hydroxyl groups is 1. The molecule has 9 rings (SSSR count). The van der Waals surface area contributed by atoms with Crippen LogP contribution in [0.2, 0.25) is 0 Å². The average molecular weight is 683 g/mol. The number of aromatic hydroxyl groups is 2. The highest BCUT2D eigenvalue weighted by Crippen LogP contribution is 2.48. The van der Waals surface area contributed by atoms with Crippen molar-refractivity contribution in [3.63, 3.8) is 0 Å². The van der Waals surface area contributed by atoms with Gasteiger partial charge in [0.1, 0.15) is 17.1 Å². The molecule has 0 saturated carbocycles. The van der Waals surface area contributed by atoms with Crippen molar-refractivity contribution in [3.05, 3.63) is 156 Å². The monoisotopic (exact) mass is 682 g/mol. The zero-order chi connectivity index (χ0) is 35.3. The third kappa shape index (κ3) is 5.11. The quantitative estimate of drug-likeness (QED) is 0.118. The van der Waals surface area contributed by atoms with Crippen LogP contribution in [0, 0.1) is 0 Å². The van der Waals surface area contributed by atoms with E-state index in [-0.39, 0.29) is 23.1 Å². The molecule has 0 spiro atoms. The zero-order valence-electron chi connectivity index (χ0n) is 28.0. The van der Waals surface area contributed by atoms with Crippen LogP contribution >= 0.6 is 0 Å². The first-order chi connectivity index (χ1) is 25.5. The number of H-pyrrole nitrogens is 1. The lowest BCUT2D eigenvalue weighted by atomic mass is 9.99. The van der Waals surface area contributed by atoms with E-state index in [9.17, 15) is 20.5 Å². The van der Waals surface area contributed by atoms with Crippen LogP contribution in [-0.4, -0.2) is 40.2 Å². The third-order valence-electron chi connectivity index (χ3n) is 9.99. The number of nitrogens with one attached hydrogen (secondary N) is 1. The van der Waals surface area contributed by atoms with Gasteiger partial charge in [0, 0.05) is 39.7 Å². The summed E-state index contributed by atoms with van der Waals surface area (Å²) in [6, 6.07) is 42.8. The van der Waals surface area contributed by atoms with E-state index in [1.807, 2.05) is 115 Å². The first kappa shape index (κ1) is 31.3. The van der Waals surface area contributed by atoms with Crippen LogP contribution < -0.4 is 0 Å². The van der Waals surface area contributed by atoms with Gasteiger partial charge in [-0.2, -0.15) is 4.73 Å². The maximum absolute atomic E-state index is 12.2. The molecule has 0 amide bonds. The van der Waals surface area contributed by atoms with E-state index in [1.165, 1.54) is 0 Å². The number of aliphatic hydroxyl groups excluding tert-OH is 1. The topological polar surface area (TPSA) is 127 Å². The first-order valence-electron chi connectivity index (χ1n) is 17.3. The molecular formula is C44H34N4O4. The Labute approximate surface area is 299 Å². The lowest BCUT2D eigenvalue weighted by Gasteiger charge is -2.10. The van der Waals surface area contributed by atoms with Gasteiger partial charge in [0.2, 0.25) is 0 Å². The summed E-state index contributed by atoms with van der Waals surface area (Å²) in [4.78, 5) is 14.1. The van der Waals surface area contributed by atoms with Gasteiger partial charge in [0.15, 0.2) is 11.5 Å². The second kappa shape index (κ2) is 12.6. The average Bonchev–Trinajstić information content (AvgIpc) is 3.98. The van der Waals surface area contributed by atoms with Crippen molar-refractivity contribution in [2.75, 3.05) is 0 Å². The Morgan fingerprint density at radius 2 is 0.904 bits per heavy atom. The van der Waals surface area contributed by atoms with Gasteiger partial charge in [-0.05, 0) is 47.2 Å². The van der Waals surface area contributed by atoms with Gasteiger partial charge in [-0.25, -0.2) is 0 Å². The lowest BCUT2D eigenvalue weighted by molar-refractivity contribution is 0.184. The number of rotatable bonds is 4. The SMILES string of the molecule is Oc1c(O)c2c(-c3ccccc3)c3nc(c(-c4ccccc4)c4ccc([nH]4)c(-c4ccccc4)c4nc(c(-c5ccccc5)c1n2O)CC4)CC3O. The van der Waals surface area contributed by atoms with Gasteiger partial charge in [-0.15, -0.1) is 0 Å². The Balaban J connectivity index is 1.55. The van der Waals surface area contributed by atoms with Crippen LogP contribution in [0.5, 0.6) is 11.5 Å². The molecule has 7 aromatic rings. The second-order valence-corrected chi connectivity index (χ2v) is 13.1. The van der Waals surface area contributed by atoms with E-state index >= 15 is 0 Å². The molecule has 1 atom stereocenters. The van der Waals surface area contributed by atoms with Gasteiger partial charge < -0.3 is 25.5 Å². The lowest BCUT2D eigenvalue weighted by Crippen LogP contribution is -2.00. The highest BCUT2D eigenvalue weighted by molar-refractivity contribution is 5.99. The molecule has 0 aliphatic carbocycles. The summed E-state index contributed by atoms with van der Waals surface area (Å²) in [5, 5.41) is 47.7. The Morgan fingerprint density at radius 3 is 1.40 bits per heavy atom. The van der Waals surface area contributed by atoms with Crippen molar-refractivity contribution < 1.29 is 20.5 Å². The van der Waals surface area contributed by atoms with Crippen molar-refractivity contribution in [1.82, 2.24) is 19.7 Å². The van der Waals surface area contributed by atoms with Crippen molar-refractivity contribution in [2.24, 2.45) is 0 Å². The zero-order valence-corrected chi connectivity index (χ0v) is 28.0. The second-order valence-electron chi connectivity index (χ2n) is 13.1. The molecule has 3 aromatic heterocycles. The van der Waals surface area contributed by atoms with Crippen molar-refractivity contribution in [3.8, 4) is 56.0 Å². The van der Waals surface area contributed by atoms with Crippen LogP contribution in [0.4, 0.5) is 0 Å². The molecule has 1 unspecified atom stereocenters. The fraction of sp³-hybridized carbons (Fsp3) is 0.0909. The molecule has 2 aliphatic heterocycles. The summed E-state index contributed by atoms with van der Waals surface area (Å²) in [6.07, 6.45) is 0.208. The summed E-state index contributed by atoms with van der Waals surface area (Å²) >= 11 is 0. The van der Waals surface area contributed by atoms with Crippen LogP contribution in [-0.2, 0) is 19.3 Å². The number of fused-ring (bicyclic) bond motifs is 8. The van der Waals surface area contributed by atoms with Crippen molar-refractivity contribution in [1.29, 1.82) is 0 Å². The van der Waals surface area contributed by atoms with Gasteiger partial charge in [-0.3, -0.25) is 9.97 Å². The molecule has 0 fully saturated rings. The Hall–Kier alpha value is -6.64. The molecule has 5 heterocycles. The molecule has 0 saturated heterocycles. The third-order valence-corrected chi connectivity index (χ3v) is 9.99. The molecular weight excluding hydrogens is 649 g/mol. The van der Waals surface area contributed by atoms with Crippen LogP contribution in [0.25, 0.3) is 66.6 Å². The van der Waals surface area contributed by atoms with Gasteiger partial charge in [0.25, 0.3) is 0 Å². The molecule has 2 aliphatic rings. The largest absolute Gasteiger partial charge is 0.503 e. The van der Waals surface area contributed by atoms with Crippen LogP contribution in [0.1, 0.15) is 28.9 Å². The predicted molar refractivity (Wildman–Crippen MR) is 203 cm³/mol. The highest BCUT2D eigenvalue weighted by atomic mass is 16.5. The summed E-state index contributed by atoms with van der Waals surface area (Å²) in [7, 11) is 0. The minimum Gasteiger partial charge on any atom is -0.503 e. The number of aromatic amines is 1. The fourth-order valence-electron chi connectivity index (χ4n) is 7.69. The molecule has 8 nitrogen and oxygen atoms in total. The fourth-order valence-corrected chi connectivity index (χ4v) is 7.69. The van der Waals surface area contributed by atoms with Crippen LogP contribution in [0.15, 0.2) is 133 Å². The molecule has 8 bridgehead atoms. The van der Waals surface area contributed by atoms with E-state index in [1.54, 1.807) is 0 Å². The Bertz CT molecular complexity index is 2640. The number of hydrogen-bond donors (Lipinski definition) is 5. The van der Waals surface area contributed by atoms with Crippen LogP contribution in [0.3, 0.4) is 0 Å². The van der Waals surface area contributed by atoms with E-state index in [2.05, 4.69) is 23.2 Å². The van der Waals surface area contributed by atoms with E-state index < -0.39 is 17.6 Å². The van der Waals surface area contributed by atoms with E-state index in [4.69, 9.17) is 9.97 Å². The summed E-state index contributed by atoms with van der Waals surface area (Å²) < 4.78 is 0.828. The number of aryl methyl sites for hydroxylation is 2. The maximum Gasteiger partial charge on any atom is 0.188 e. The molecule has 4 aromatic carbocycles. The predicted octanol–water partition coefficient (Wildman–Crippen LogP) is 9.17. The van der Waals surface area contributed by atoms with Crippen molar-refractivity contribution >= 4 is 22.1 Å². The minimum atomic E-state index is -1.09. The number of benzene rings is 4. The molecule has 8 heteroatoms. The van der Waals surface area contributed by atoms with Gasteiger partial charge in [0.05, 0.1) is 22.8 Å². The maximum atomic E-state index is 12.2. The Morgan fingerprint density at radius 1 is 0.500 bits per heavy atom. The molecule has 254 valence electrons. The summed E-state index contributed by atoms with van der Waals surface area (Å²) in [5.74, 6) is -1.03. The highest BCUT2D eigenvalue weighted by Gasteiger charge is 2.31. The van der Waals surface area contributed by atoms with Crippen molar-refractivity contribution in [2.45, 2.75) is 25.4 Å². The van der Waals surface area contributed by atoms with E-state index in [0.717, 1.165) is 43.7 Å². The minimum absolute atomic E-state index is 0.00327. The summed E-state index contributed by atoms with van der Waals surface area (Å²) in [5.41, 5.74) is 9.72. The standard InChI is InChI=1S/C44H34N4O4/c49-35-25-34-37(27-15-7-2-8-16-27)32-22-21-30(45-32)36(26-13-5-1-6-14-26)31-23-24-33(46-31)38(28-17-9-3-10-18-28)41-43(50)44(51)42(48(41)52)39(40(35)47-34)29-19-11-4-12-20-29/h1-22,35,45,49-52H,23-25H2. The number of nitrogens with zero attached hydrogens (tertiary/aromatic N) is 3. The molecule has 0 radical (unpaired) electrons. The molecule has 5 N–H and O–H groups in total. The number of hydrogen-bond acceptors (Lipinski definition) is 6. The normalized spacial score (nSPS) is 14.1. The first-order valence-corrected chi connectivity index (χ1v) is 17.3. The smallest absolute Gasteiger partial charge is 0.188 e. The Kier molecular flexibility index (Phi) is 7.60. The summed E-state index contributed by atoms with van der Waals surface area (Å²) in [6.45, 7) is 0. The van der Waals surface area contributed by atoms with E-state index in [0.29, 0.717) is 46.5 Å². The number of aromatic nitrogens is 4. The molecule has 52 heavy (non-hydrogen) atoms. The van der Waals surface area contributed by atoms with Gasteiger partial charge in [-0.1, -0.05) is 121 Å².